The van der Waals surface area contributed by atoms with Crippen molar-refractivity contribution in [2.75, 3.05) is 0 Å². The summed E-state index contributed by atoms with van der Waals surface area (Å²) < 4.78 is 4.99. The molecule has 1 heterocycles. The van der Waals surface area contributed by atoms with Crippen molar-refractivity contribution in [3.63, 3.8) is 0 Å². The lowest BCUT2D eigenvalue weighted by Gasteiger charge is -2.05. The van der Waals surface area contributed by atoms with Crippen LogP contribution in [-0.2, 0) is 19.5 Å². The summed E-state index contributed by atoms with van der Waals surface area (Å²) >= 11 is 0. The molecule has 2 heteroatoms. The van der Waals surface area contributed by atoms with Gasteiger partial charge in [-0.05, 0) is 26.2 Å². The summed E-state index contributed by atoms with van der Waals surface area (Å²) in [6.45, 7) is 9.19. The summed E-state index contributed by atoms with van der Waals surface area (Å²) in [6, 6.07) is 0. The van der Waals surface area contributed by atoms with E-state index in [0.717, 1.165) is 6.54 Å². The van der Waals surface area contributed by atoms with E-state index in [0.29, 0.717) is 0 Å². The molecule has 0 radical (unpaired) electrons. The number of hydrogen-bond donors (Lipinski definition) is 0. The van der Waals surface area contributed by atoms with E-state index in [2.05, 4.69) is 42.3 Å². The van der Waals surface area contributed by atoms with Crippen LogP contribution >= 0.6 is 0 Å². The maximum absolute atomic E-state index is 2.54. The molecule has 1 aromatic heterocycles. The van der Waals surface area contributed by atoms with Crippen LogP contribution in [0.3, 0.4) is 0 Å². The first-order valence-corrected chi connectivity index (χ1v) is 13.9. The molecular weight excluding hydrogens is 364 g/mol. The molecule has 0 aliphatic carbocycles. The van der Waals surface area contributed by atoms with Crippen LogP contribution in [0.5, 0.6) is 0 Å². The molecule has 0 spiro atoms. The van der Waals surface area contributed by atoms with Gasteiger partial charge in [-0.25, -0.2) is 9.13 Å². The van der Waals surface area contributed by atoms with Crippen LogP contribution in [0.15, 0.2) is 12.4 Å². The number of rotatable bonds is 22. The third-order valence-electron chi connectivity index (χ3n) is 6.69. The first-order valence-electron chi connectivity index (χ1n) is 13.9. The van der Waals surface area contributed by atoms with E-state index >= 15 is 0 Å². The molecule has 2 nitrogen and oxygen atoms in total. The van der Waals surface area contributed by atoms with Crippen LogP contribution in [0, 0.1) is 0 Å². The van der Waals surface area contributed by atoms with Gasteiger partial charge in [-0.3, -0.25) is 0 Å². The van der Waals surface area contributed by atoms with Gasteiger partial charge in [-0.15, -0.1) is 0 Å². The predicted octanol–water partition coefficient (Wildman–Crippen LogP) is 8.79. The molecular formula is C28H55N2+. The van der Waals surface area contributed by atoms with E-state index in [4.69, 9.17) is 0 Å². The van der Waals surface area contributed by atoms with Gasteiger partial charge in [0.15, 0.2) is 0 Å². The van der Waals surface area contributed by atoms with Crippen molar-refractivity contribution in [3.05, 3.63) is 18.2 Å². The quantitative estimate of drug-likeness (QED) is 0.131. The van der Waals surface area contributed by atoms with E-state index in [9.17, 15) is 0 Å². The van der Waals surface area contributed by atoms with Gasteiger partial charge in [0.05, 0.1) is 13.1 Å². The van der Waals surface area contributed by atoms with Crippen molar-refractivity contribution in [2.24, 2.45) is 0 Å². The molecule has 0 bridgehead atoms. The second-order valence-corrected chi connectivity index (χ2v) is 9.45. The van der Waals surface area contributed by atoms with Crippen LogP contribution < -0.4 is 4.57 Å². The Labute approximate surface area is 189 Å². The lowest BCUT2D eigenvalue weighted by atomic mass is 10.0. The summed E-state index contributed by atoms with van der Waals surface area (Å²) in [5.41, 5.74) is 0. The van der Waals surface area contributed by atoms with Crippen LogP contribution in [0.1, 0.15) is 149 Å². The average molecular weight is 420 g/mol. The minimum Gasteiger partial charge on any atom is -0.235 e. The molecule has 0 aliphatic rings. The molecule has 0 saturated carbocycles. The van der Waals surface area contributed by atoms with E-state index in [1.165, 1.54) is 135 Å². The van der Waals surface area contributed by atoms with Crippen molar-refractivity contribution >= 4 is 0 Å². The molecule has 1 aromatic rings. The van der Waals surface area contributed by atoms with E-state index in [1.54, 1.807) is 5.82 Å². The topological polar surface area (TPSA) is 8.81 Å². The van der Waals surface area contributed by atoms with E-state index < -0.39 is 0 Å². The molecule has 0 amide bonds. The molecule has 1 rings (SSSR count). The van der Waals surface area contributed by atoms with Crippen LogP contribution in [0.25, 0.3) is 0 Å². The molecule has 176 valence electrons. The Hall–Kier alpha value is -0.790. The fraction of sp³-hybridized carbons (Fsp3) is 0.893. The lowest BCUT2D eigenvalue weighted by molar-refractivity contribution is -0.704. The SMILES string of the molecule is CCCCCCCCCCCCCCCCC[n+]1ccn(CC)c1CCCCCC. The minimum absolute atomic E-state index is 1.11. The second-order valence-electron chi connectivity index (χ2n) is 9.45. The third-order valence-corrected chi connectivity index (χ3v) is 6.69. The highest BCUT2D eigenvalue weighted by Crippen LogP contribution is 2.13. The number of aromatic nitrogens is 2. The second kappa shape index (κ2) is 20.1. The van der Waals surface area contributed by atoms with Gasteiger partial charge in [0, 0.05) is 6.42 Å². The number of imidazole rings is 1. The third kappa shape index (κ3) is 13.5. The monoisotopic (exact) mass is 419 g/mol. The van der Waals surface area contributed by atoms with Gasteiger partial charge in [0.1, 0.15) is 12.4 Å². The standard InChI is InChI=1S/C28H55N2/c1-4-7-9-11-12-13-14-15-16-17-18-19-20-21-23-25-30-27-26-29(6-3)28(30)24-22-10-8-5-2/h26-27H,4-25H2,1-3H3/q+1. The van der Waals surface area contributed by atoms with Crippen molar-refractivity contribution in [3.8, 4) is 0 Å². The van der Waals surface area contributed by atoms with Gasteiger partial charge in [0.25, 0.3) is 5.82 Å². The molecule has 30 heavy (non-hydrogen) atoms. The highest BCUT2D eigenvalue weighted by Gasteiger charge is 2.15. The fourth-order valence-electron chi connectivity index (χ4n) is 4.64. The summed E-state index contributed by atoms with van der Waals surface area (Å²) in [5.74, 6) is 1.55. The summed E-state index contributed by atoms with van der Waals surface area (Å²) in [5, 5.41) is 0. The molecule has 0 aromatic carbocycles. The number of hydrogen-bond acceptors (Lipinski definition) is 0. The average Bonchev–Trinajstić information content (AvgIpc) is 3.15. The van der Waals surface area contributed by atoms with Gasteiger partial charge in [0.2, 0.25) is 0 Å². The maximum atomic E-state index is 2.54. The summed E-state index contributed by atoms with van der Waals surface area (Å²) in [4.78, 5) is 0. The number of nitrogens with zero attached hydrogens (tertiary/aromatic N) is 2. The predicted molar refractivity (Wildman–Crippen MR) is 133 cm³/mol. The Morgan fingerprint density at radius 3 is 1.47 bits per heavy atom. The Kier molecular flexibility index (Phi) is 18.3. The smallest absolute Gasteiger partial charge is 0.235 e. The molecule has 0 aliphatic heterocycles. The van der Waals surface area contributed by atoms with Gasteiger partial charge < -0.3 is 0 Å². The van der Waals surface area contributed by atoms with E-state index in [1.807, 2.05) is 0 Å². The molecule has 0 saturated heterocycles. The Morgan fingerprint density at radius 1 is 0.567 bits per heavy atom. The summed E-state index contributed by atoms with van der Waals surface area (Å²) in [7, 11) is 0. The van der Waals surface area contributed by atoms with Crippen molar-refractivity contribution < 1.29 is 4.57 Å². The zero-order chi connectivity index (χ0) is 21.7. The highest BCUT2D eigenvalue weighted by molar-refractivity contribution is 4.83. The molecule has 0 fully saturated rings. The van der Waals surface area contributed by atoms with Gasteiger partial charge >= 0.3 is 0 Å². The molecule has 0 unspecified atom stereocenters. The van der Waals surface area contributed by atoms with Crippen LogP contribution in [-0.4, -0.2) is 4.57 Å². The number of aryl methyl sites for hydroxylation is 2. The van der Waals surface area contributed by atoms with Crippen molar-refractivity contribution in [2.45, 2.75) is 162 Å². The largest absolute Gasteiger partial charge is 0.256 e. The normalized spacial score (nSPS) is 11.4. The minimum atomic E-state index is 1.11. The lowest BCUT2D eigenvalue weighted by Crippen LogP contribution is -2.37. The number of unbranched alkanes of at least 4 members (excludes halogenated alkanes) is 17. The summed E-state index contributed by atoms with van der Waals surface area (Å²) in [6.07, 6.45) is 32.9. The molecule has 0 N–H and O–H groups in total. The Balaban J connectivity index is 1.98. The first-order chi connectivity index (χ1) is 14.8. The van der Waals surface area contributed by atoms with Crippen LogP contribution in [0.2, 0.25) is 0 Å². The van der Waals surface area contributed by atoms with Gasteiger partial charge in [-0.1, -0.05) is 117 Å². The van der Waals surface area contributed by atoms with Gasteiger partial charge in [-0.2, -0.15) is 0 Å². The zero-order valence-electron chi connectivity index (χ0n) is 21.1. The highest BCUT2D eigenvalue weighted by atomic mass is 15.1. The first kappa shape index (κ1) is 27.2. The maximum Gasteiger partial charge on any atom is 0.256 e. The Morgan fingerprint density at radius 2 is 1.00 bits per heavy atom. The Bertz CT molecular complexity index is 477. The molecule has 0 atom stereocenters. The van der Waals surface area contributed by atoms with Crippen molar-refractivity contribution in [1.82, 2.24) is 4.57 Å². The van der Waals surface area contributed by atoms with Crippen LogP contribution in [0.4, 0.5) is 0 Å². The van der Waals surface area contributed by atoms with E-state index in [-0.39, 0.29) is 0 Å². The van der Waals surface area contributed by atoms with Crippen molar-refractivity contribution in [1.29, 1.82) is 0 Å². The fourth-order valence-corrected chi connectivity index (χ4v) is 4.64. The zero-order valence-corrected chi connectivity index (χ0v) is 21.1.